The molecule has 2 aromatic carbocycles. The molecule has 2 N–H and O–H groups in total. The summed E-state index contributed by atoms with van der Waals surface area (Å²) in [5.41, 5.74) is -0.199. The molecular weight excluding hydrogens is 310 g/mol. The minimum absolute atomic E-state index is 0.0741. The summed E-state index contributed by atoms with van der Waals surface area (Å²) < 4.78 is 22.9. The Morgan fingerprint density at radius 3 is 1.91 bits per heavy atom. The molecule has 0 aromatic heterocycles. The molecule has 7 nitrogen and oxygen atoms in total. The highest BCUT2D eigenvalue weighted by atomic mass is 32.2. The lowest BCUT2D eigenvalue weighted by molar-refractivity contribution is -0.226. The zero-order valence-corrected chi connectivity index (χ0v) is 11.7. The van der Waals surface area contributed by atoms with E-state index in [1.807, 2.05) is 0 Å². The Hall–Kier alpha value is -2.39. The van der Waals surface area contributed by atoms with Gasteiger partial charge in [0.05, 0.1) is 15.1 Å². The van der Waals surface area contributed by atoms with Gasteiger partial charge in [0, 0.05) is 16.7 Å². The number of nitrogens with zero attached hydrogens (tertiary/aromatic N) is 1. The summed E-state index contributed by atoms with van der Waals surface area (Å²) in [7, 11) is -4.71. The van der Waals surface area contributed by atoms with Crippen LogP contribution in [0.3, 0.4) is 0 Å². The third-order valence-electron chi connectivity index (χ3n) is 3.41. The molecule has 0 spiro atoms. The van der Waals surface area contributed by atoms with Gasteiger partial charge in [-0.2, -0.15) is 0 Å². The van der Waals surface area contributed by atoms with E-state index in [9.17, 15) is 18.0 Å². The van der Waals surface area contributed by atoms with Gasteiger partial charge < -0.3 is 0 Å². The highest BCUT2D eigenvalue weighted by Crippen LogP contribution is 2.32. The highest BCUT2D eigenvalue weighted by Gasteiger charge is 2.36. The number of sulfonamides is 1. The normalized spacial score (nSPS) is 14.0. The summed E-state index contributed by atoms with van der Waals surface area (Å²) in [6, 6.07) is 9.65. The van der Waals surface area contributed by atoms with Crippen molar-refractivity contribution in [3.05, 3.63) is 64.7 Å². The van der Waals surface area contributed by atoms with Crippen LogP contribution in [0, 0.1) is 0 Å². The van der Waals surface area contributed by atoms with Gasteiger partial charge in [-0.05, 0) is 6.07 Å². The van der Waals surface area contributed by atoms with Gasteiger partial charge in [-0.1, -0.05) is 36.4 Å². The molecule has 0 fully saturated rings. The second-order valence-corrected chi connectivity index (χ2v) is 6.33. The molecule has 2 aromatic rings. The van der Waals surface area contributed by atoms with Crippen LogP contribution >= 0.6 is 0 Å². The van der Waals surface area contributed by atoms with Crippen LogP contribution in [0.1, 0.15) is 31.8 Å². The molecule has 3 rings (SSSR count). The molecule has 0 heterocycles. The molecule has 0 radical (unpaired) electrons. The Morgan fingerprint density at radius 1 is 0.773 bits per heavy atom. The monoisotopic (exact) mass is 319 g/mol. The molecule has 1 aliphatic carbocycles. The number of carbonyl (C=O) groups excluding carboxylic acids is 2. The minimum Gasteiger partial charge on any atom is -0.289 e. The summed E-state index contributed by atoms with van der Waals surface area (Å²) in [5.74, 6) is -1.16. The predicted molar refractivity (Wildman–Crippen MR) is 72.3 cm³/mol. The smallest absolute Gasteiger partial charge is 0.289 e. The number of hydrogen-bond acceptors (Lipinski definition) is 6. The van der Waals surface area contributed by atoms with Crippen molar-refractivity contribution in [3.63, 3.8) is 0 Å². The van der Waals surface area contributed by atoms with Crippen LogP contribution in [0.25, 0.3) is 0 Å². The molecule has 0 saturated carbocycles. The summed E-state index contributed by atoms with van der Waals surface area (Å²) in [4.78, 5) is 24.3. The van der Waals surface area contributed by atoms with E-state index in [0.717, 1.165) is 6.07 Å². The van der Waals surface area contributed by atoms with E-state index in [-0.39, 0.29) is 22.3 Å². The Kier molecular flexibility index (Phi) is 3.18. The predicted octanol–water partition coefficient (Wildman–Crippen LogP) is 1.23. The summed E-state index contributed by atoms with van der Waals surface area (Å²) in [6.45, 7) is 0. The van der Waals surface area contributed by atoms with Crippen molar-refractivity contribution in [2.24, 2.45) is 0 Å². The third-order valence-corrected chi connectivity index (χ3v) is 4.73. The molecule has 8 heteroatoms. The number of hydrogen-bond donors (Lipinski definition) is 2. The van der Waals surface area contributed by atoms with Crippen LogP contribution in [0.15, 0.2) is 47.4 Å². The topological polar surface area (TPSA) is 112 Å². The van der Waals surface area contributed by atoms with E-state index in [1.165, 1.54) is 24.3 Å². The maximum absolute atomic E-state index is 12.5. The van der Waals surface area contributed by atoms with Gasteiger partial charge in [-0.25, -0.2) is 8.42 Å². The van der Waals surface area contributed by atoms with E-state index in [1.54, 1.807) is 12.1 Å². The maximum Gasteiger partial charge on any atom is 0.289 e. The van der Waals surface area contributed by atoms with Gasteiger partial charge in [-0.3, -0.25) is 20.0 Å². The lowest BCUT2D eigenvalue weighted by Gasteiger charge is -2.20. The zero-order chi connectivity index (χ0) is 16.1. The fraction of sp³-hybridized carbons (Fsp3) is 0. The molecule has 1 aliphatic rings. The summed E-state index contributed by atoms with van der Waals surface area (Å²) >= 11 is 0. The summed E-state index contributed by atoms with van der Waals surface area (Å²) in [6.07, 6.45) is 0. The molecule has 0 aliphatic heterocycles. The number of ketones is 2. The number of fused-ring (bicyclic) bond motifs is 2. The third kappa shape index (κ3) is 1.90. The van der Waals surface area contributed by atoms with E-state index >= 15 is 0 Å². The Labute approximate surface area is 125 Å². The Balaban J connectivity index is 2.36. The van der Waals surface area contributed by atoms with Crippen LogP contribution in [0.2, 0.25) is 0 Å². The van der Waals surface area contributed by atoms with Crippen LogP contribution in [-0.2, 0) is 10.0 Å². The SMILES string of the molecule is O=C1c2ccccc2C(=O)c2c1cccc2S(=O)(=O)N(O)O. The lowest BCUT2D eigenvalue weighted by atomic mass is 9.84. The first-order valence-corrected chi connectivity index (χ1v) is 7.54. The van der Waals surface area contributed by atoms with Gasteiger partial charge >= 0.3 is 0 Å². The second kappa shape index (κ2) is 4.82. The molecule has 0 saturated heterocycles. The molecule has 0 bridgehead atoms. The van der Waals surface area contributed by atoms with Gasteiger partial charge in [0.1, 0.15) is 0 Å². The van der Waals surface area contributed by atoms with Crippen LogP contribution in [0.4, 0.5) is 0 Å². The molecular formula is C14H9NO6S. The number of rotatable bonds is 2. The standard InChI is InChI=1S/C14H9NO6S/c16-13-8-4-1-2-5-9(8)14(17)12-10(13)6-3-7-11(12)22(20,21)15(18)19/h1-7,18-19H. The highest BCUT2D eigenvalue weighted by molar-refractivity contribution is 7.88. The lowest BCUT2D eigenvalue weighted by Crippen LogP contribution is -2.29. The number of benzene rings is 2. The van der Waals surface area contributed by atoms with Crippen molar-refractivity contribution in [2.45, 2.75) is 4.90 Å². The van der Waals surface area contributed by atoms with Crippen LogP contribution in [0.5, 0.6) is 0 Å². The summed E-state index contributed by atoms with van der Waals surface area (Å²) in [5, 5.41) is 17.8. The van der Waals surface area contributed by atoms with E-state index in [2.05, 4.69) is 0 Å². The van der Waals surface area contributed by atoms with E-state index in [4.69, 9.17) is 10.4 Å². The molecule has 0 unspecified atom stereocenters. The average Bonchev–Trinajstić information content (AvgIpc) is 2.51. The quantitative estimate of drug-likeness (QED) is 0.687. The first-order chi connectivity index (χ1) is 10.4. The maximum atomic E-state index is 12.5. The van der Waals surface area contributed by atoms with Crippen molar-refractivity contribution in [2.75, 3.05) is 0 Å². The van der Waals surface area contributed by atoms with Crippen molar-refractivity contribution in [1.82, 2.24) is 4.63 Å². The van der Waals surface area contributed by atoms with E-state index in [0.29, 0.717) is 0 Å². The van der Waals surface area contributed by atoms with Gasteiger partial charge in [0.15, 0.2) is 11.6 Å². The Bertz CT molecular complexity index is 917. The van der Waals surface area contributed by atoms with Gasteiger partial charge in [-0.15, -0.1) is 0 Å². The van der Waals surface area contributed by atoms with Crippen molar-refractivity contribution in [1.29, 1.82) is 0 Å². The minimum atomic E-state index is -4.71. The number of carbonyl (C=O) groups is 2. The largest absolute Gasteiger partial charge is 0.289 e. The molecule has 0 atom stereocenters. The fourth-order valence-electron chi connectivity index (χ4n) is 2.42. The van der Waals surface area contributed by atoms with Crippen molar-refractivity contribution in [3.8, 4) is 0 Å². The molecule has 0 amide bonds. The van der Waals surface area contributed by atoms with Crippen LogP contribution in [-0.4, -0.2) is 35.0 Å². The zero-order valence-electron chi connectivity index (χ0n) is 10.9. The van der Waals surface area contributed by atoms with Crippen LogP contribution < -0.4 is 0 Å². The first-order valence-electron chi connectivity index (χ1n) is 6.10. The average molecular weight is 319 g/mol. The molecule has 22 heavy (non-hydrogen) atoms. The molecule has 112 valence electrons. The first kappa shape index (κ1) is 14.5. The van der Waals surface area contributed by atoms with Gasteiger partial charge in [0.2, 0.25) is 0 Å². The van der Waals surface area contributed by atoms with E-state index < -0.39 is 31.1 Å². The Morgan fingerprint density at radius 2 is 1.32 bits per heavy atom. The van der Waals surface area contributed by atoms with Crippen molar-refractivity contribution < 1.29 is 28.4 Å². The van der Waals surface area contributed by atoms with Gasteiger partial charge in [0.25, 0.3) is 10.0 Å². The fourth-order valence-corrected chi connectivity index (χ4v) is 3.30. The van der Waals surface area contributed by atoms with Crippen molar-refractivity contribution >= 4 is 21.6 Å². The second-order valence-electron chi connectivity index (χ2n) is 4.61.